The lowest BCUT2D eigenvalue weighted by molar-refractivity contribution is 0.204. The van der Waals surface area contributed by atoms with Gasteiger partial charge in [0.1, 0.15) is 0 Å². The summed E-state index contributed by atoms with van der Waals surface area (Å²) in [5.41, 5.74) is 0. The van der Waals surface area contributed by atoms with Crippen LogP contribution < -0.4 is 0 Å². The zero-order valence-electron chi connectivity index (χ0n) is 16.6. The zero-order chi connectivity index (χ0) is 18.8. The fourth-order valence-electron chi connectivity index (χ4n) is 2.34. The van der Waals surface area contributed by atoms with Crippen LogP contribution in [-0.4, -0.2) is 19.8 Å². The van der Waals surface area contributed by atoms with Gasteiger partial charge >= 0.3 is 15.0 Å². The smallest absolute Gasteiger partial charge is 0.322 e. The van der Waals surface area contributed by atoms with Crippen LogP contribution in [0.5, 0.6) is 0 Å². The Hall–Kier alpha value is 0.340. The minimum atomic E-state index is -3.64. The van der Waals surface area contributed by atoms with E-state index in [1.54, 1.807) is 0 Å². The van der Waals surface area contributed by atoms with Crippen molar-refractivity contribution in [2.45, 2.75) is 97.8 Å². The van der Waals surface area contributed by atoms with Gasteiger partial charge in [-0.3, -0.25) is 4.57 Å². The van der Waals surface area contributed by atoms with E-state index in [2.05, 4.69) is 20.8 Å². The van der Waals surface area contributed by atoms with Gasteiger partial charge in [-0.1, -0.05) is 78.6 Å². The molecule has 0 saturated heterocycles. The molecular weight excluding hydrogens is 358 g/mol. The average Bonchev–Trinajstić information content (AvgIpc) is 2.61. The molecule has 0 aromatic carbocycles. The van der Waals surface area contributed by atoms with Gasteiger partial charge in [0.05, 0.1) is 19.8 Å². The molecule has 0 rings (SSSR count). The molecule has 0 amide bonds. The molecule has 0 aliphatic carbocycles. The molecule has 0 aliphatic rings. The maximum absolute atomic E-state index is 12.9. The standard InChI is InChI=1S/C18H40O5P2/c1-4-7-10-13-16-21-24(19)25(20,22-17-14-11-8-5-2)23-18-15-12-9-6-3/h24H,4-18H2,1-3H3. The molecule has 0 aliphatic heterocycles. The van der Waals surface area contributed by atoms with Crippen LogP contribution in [0.2, 0.25) is 0 Å². The lowest BCUT2D eigenvalue weighted by Gasteiger charge is -2.18. The van der Waals surface area contributed by atoms with Gasteiger partial charge in [-0.25, -0.2) is 4.57 Å². The maximum atomic E-state index is 12.9. The van der Waals surface area contributed by atoms with Gasteiger partial charge in [0, 0.05) is 0 Å². The van der Waals surface area contributed by atoms with Gasteiger partial charge in [-0.15, -0.1) is 0 Å². The molecule has 0 aromatic heterocycles. The summed E-state index contributed by atoms with van der Waals surface area (Å²) in [5.74, 6) is 0. The van der Waals surface area contributed by atoms with Gasteiger partial charge in [-0.2, -0.15) is 0 Å². The Morgan fingerprint density at radius 3 is 1.44 bits per heavy atom. The van der Waals surface area contributed by atoms with E-state index < -0.39 is 15.0 Å². The van der Waals surface area contributed by atoms with Crippen LogP contribution in [0.4, 0.5) is 0 Å². The third kappa shape index (κ3) is 14.1. The minimum absolute atomic E-state index is 0.321. The molecule has 5 nitrogen and oxygen atoms in total. The second-order valence-electron chi connectivity index (χ2n) is 6.46. The van der Waals surface area contributed by atoms with Crippen molar-refractivity contribution in [3.63, 3.8) is 0 Å². The molecule has 1 unspecified atom stereocenters. The largest absolute Gasteiger partial charge is 0.409 e. The van der Waals surface area contributed by atoms with Crippen molar-refractivity contribution in [2.24, 2.45) is 0 Å². The fourth-order valence-corrected chi connectivity index (χ4v) is 5.77. The van der Waals surface area contributed by atoms with E-state index >= 15 is 0 Å². The van der Waals surface area contributed by atoms with Crippen LogP contribution in [0.3, 0.4) is 0 Å². The molecule has 152 valence electrons. The quantitative estimate of drug-likeness (QED) is 0.168. The number of hydrogen-bond donors (Lipinski definition) is 0. The number of rotatable bonds is 19. The molecule has 0 aromatic rings. The molecule has 0 spiro atoms. The highest BCUT2D eigenvalue weighted by Crippen LogP contribution is 2.70. The molecule has 0 fully saturated rings. The SMILES string of the molecule is CCCCCCO[PH](=O)P(=O)(OCCCCCC)OCCCCCC. The first-order chi connectivity index (χ1) is 12.1. The predicted molar refractivity (Wildman–Crippen MR) is 107 cm³/mol. The second-order valence-corrected chi connectivity index (χ2v) is 11.5. The van der Waals surface area contributed by atoms with Crippen LogP contribution >= 0.6 is 15.0 Å². The monoisotopic (exact) mass is 398 g/mol. The van der Waals surface area contributed by atoms with Gasteiger partial charge in [0.25, 0.3) is 0 Å². The first kappa shape index (κ1) is 25.3. The highest BCUT2D eigenvalue weighted by Gasteiger charge is 2.33. The Morgan fingerprint density at radius 1 is 0.640 bits per heavy atom. The number of hydrogen-bond acceptors (Lipinski definition) is 5. The molecule has 0 radical (unpaired) electrons. The topological polar surface area (TPSA) is 61.8 Å². The normalized spacial score (nSPS) is 13.2. The lowest BCUT2D eigenvalue weighted by atomic mass is 10.2. The second kappa shape index (κ2) is 17.7. The molecule has 1 atom stereocenters. The summed E-state index contributed by atoms with van der Waals surface area (Å²) in [4.78, 5) is 0. The molecular formula is C18H40O5P2. The first-order valence-corrected chi connectivity index (χ1v) is 13.9. The van der Waals surface area contributed by atoms with Crippen molar-refractivity contribution in [1.29, 1.82) is 0 Å². The highest BCUT2D eigenvalue weighted by atomic mass is 32.1. The first-order valence-electron chi connectivity index (χ1n) is 10.2. The molecule has 0 heterocycles. The molecule has 0 saturated carbocycles. The molecule has 7 heteroatoms. The summed E-state index contributed by atoms with van der Waals surface area (Å²) in [6, 6.07) is 0. The Balaban J connectivity index is 4.32. The third-order valence-corrected chi connectivity index (χ3v) is 8.41. The van der Waals surface area contributed by atoms with Crippen LogP contribution in [-0.2, 0) is 22.7 Å². The van der Waals surface area contributed by atoms with E-state index in [-0.39, 0.29) is 0 Å². The maximum Gasteiger partial charge on any atom is 0.409 e. The van der Waals surface area contributed by atoms with Crippen molar-refractivity contribution in [2.75, 3.05) is 19.8 Å². The van der Waals surface area contributed by atoms with E-state index in [0.717, 1.165) is 77.0 Å². The van der Waals surface area contributed by atoms with Gasteiger partial charge < -0.3 is 13.6 Å². The van der Waals surface area contributed by atoms with Crippen molar-refractivity contribution < 1.29 is 22.7 Å². The van der Waals surface area contributed by atoms with Crippen molar-refractivity contribution in [3.05, 3.63) is 0 Å². The van der Waals surface area contributed by atoms with Gasteiger partial charge in [0.2, 0.25) is 0 Å². The summed E-state index contributed by atoms with van der Waals surface area (Å²) in [7, 11) is -6.48. The Bertz CT molecular complexity index is 345. The van der Waals surface area contributed by atoms with Crippen LogP contribution in [0.1, 0.15) is 97.8 Å². The molecule has 0 N–H and O–H groups in total. The third-order valence-electron chi connectivity index (χ3n) is 3.97. The summed E-state index contributed by atoms with van der Waals surface area (Å²) < 4.78 is 41.5. The minimum Gasteiger partial charge on any atom is -0.322 e. The van der Waals surface area contributed by atoms with Gasteiger partial charge in [-0.05, 0) is 19.3 Å². The van der Waals surface area contributed by atoms with E-state index in [1.807, 2.05) is 0 Å². The summed E-state index contributed by atoms with van der Waals surface area (Å²) in [5, 5.41) is 0. The van der Waals surface area contributed by atoms with Crippen molar-refractivity contribution in [1.82, 2.24) is 0 Å². The highest BCUT2D eigenvalue weighted by molar-refractivity contribution is 8.21. The summed E-state index contributed by atoms with van der Waals surface area (Å²) in [6.07, 6.45) is 12.3. The van der Waals surface area contributed by atoms with E-state index in [9.17, 15) is 9.13 Å². The lowest BCUT2D eigenvalue weighted by Crippen LogP contribution is -1.99. The van der Waals surface area contributed by atoms with Gasteiger partial charge in [0.15, 0.2) is 0 Å². The van der Waals surface area contributed by atoms with Crippen LogP contribution in [0, 0.1) is 0 Å². The Kier molecular flexibility index (Phi) is 18.0. The van der Waals surface area contributed by atoms with Crippen LogP contribution in [0.25, 0.3) is 0 Å². The Morgan fingerprint density at radius 2 is 1.04 bits per heavy atom. The van der Waals surface area contributed by atoms with Crippen molar-refractivity contribution in [3.8, 4) is 0 Å². The van der Waals surface area contributed by atoms with Crippen LogP contribution in [0.15, 0.2) is 0 Å². The molecule has 0 bridgehead atoms. The van der Waals surface area contributed by atoms with Crippen molar-refractivity contribution >= 4 is 15.0 Å². The Labute approximate surface area is 155 Å². The average molecular weight is 398 g/mol. The predicted octanol–water partition coefficient (Wildman–Crippen LogP) is 7.36. The fraction of sp³-hybridized carbons (Fsp3) is 1.00. The van der Waals surface area contributed by atoms with E-state index in [4.69, 9.17) is 13.6 Å². The van der Waals surface area contributed by atoms with E-state index in [0.29, 0.717) is 19.8 Å². The van der Waals surface area contributed by atoms with E-state index in [1.165, 1.54) is 0 Å². The number of unbranched alkanes of at least 4 members (excludes halogenated alkanes) is 9. The zero-order valence-corrected chi connectivity index (χ0v) is 18.5. The summed E-state index contributed by atoms with van der Waals surface area (Å²) >= 11 is 0. The summed E-state index contributed by atoms with van der Waals surface area (Å²) in [6.45, 7) is 7.41. The molecule has 25 heavy (non-hydrogen) atoms.